The monoisotopic (exact) mass is 185 g/mol. The van der Waals surface area contributed by atoms with Gasteiger partial charge in [-0.1, -0.05) is 26.2 Å². The zero-order chi connectivity index (χ0) is 8.81. The first kappa shape index (κ1) is 12.3. The molecule has 0 saturated heterocycles. The summed E-state index contributed by atoms with van der Waals surface area (Å²) in [5.41, 5.74) is 0. The lowest BCUT2D eigenvalue weighted by molar-refractivity contribution is 0.291. The predicted octanol–water partition coefficient (Wildman–Crippen LogP) is 2.40. The van der Waals surface area contributed by atoms with Gasteiger partial charge >= 0.3 is 0 Å². The third kappa shape index (κ3) is 4.78. The van der Waals surface area contributed by atoms with Gasteiger partial charge in [-0.2, -0.15) is 0 Å². The van der Waals surface area contributed by atoms with Crippen LogP contribution >= 0.6 is 0 Å². The van der Waals surface area contributed by atoms with Gasteiger partial charge in [-0.25, -0.2) is 0 Å². The summed E-state index contributed by atoms with van der Waals surface area (Å²) in [6.45, 7) is 4.55. The Labute approximate surface area is 82.0 Å². The van der Waals surface area contributed by atoms with Crippen molar-refractivity contribution in [2.45, 2.75) is 32.6 Å². The first-order valence-corrected chi connectivity index (χ1v) is 4.95. The molecule has 3 nitrogen and oxygen atoms in total. The Kier molecular flexibility index (Phi) is 6.41. The molecule has 1 heterocycles. The van der Waals surface area contributed by atoms with Crippen molar-refractivity contribution in [3.05, 3.63) is 12.4 Å². The van der Waals surface area contributed by atoms with Gasteiger partial charge in [0.1, 0.15) is 0 Å². The lowest BCUT2D eigenvalue weighted by atomic mass is 10.2. The molecule has 0 atom stereocenters. The molecular weight excluding hydrogens is 162 g/mol. The summed E-state index contributed by atoms with van der Waals surface area (Å²) in [7, 11) is 2.11. The summed E-state index contributed by atoms with van der Waals surface area (Å²) < 4.78 is 0. The molecule has 0 bridgehead atoms. The minimum absolute atomic E-state index is 0. The SMILES string of the molecule is CCCCCCN1C=CN(C)C1.N. The molecule has 1 aliphatic heterocycles. The van der Waals surface area contributed by atoms with Crippen molar-refractivity contribution >= 4 is 0 Å². The third-order valence-corrected chi connectivity index (χ3v) is 2.24. The van der Waals surface area contributed by atoms with Crippen LogP contribution in [0, 0.1) is 0 Å². The van der Waals surface area contributed by atoms with Crippen LogP contribution in [-0.2, 0) is 0 Å². The molecule has 0 unspecified atom stereocenters. The number of nitrogens with zero attached hydrogens (tertiary/aromatic N) is 2. The van der Waals surface area contributed by atoms with Gasteiger partial charge in [0, 0.05) is 26.0 Å². The molecule has 0 saturated carbocycles. The fourth-order valence-corrected chi connectivity index (χ4v) is 1.48. The molecule has 1 rings (SSSR count). The van der Waals surface area contributed by atoms with E-state index < -0.39 is 0 Å². The highest BCUT2D eigenvalue weighted by molar-refractivity contribution is 4.88. The molecule has 0 aromatic rings. The Morgan fingerprint density at radius 1 is 1.15 bits per heavy atom. The summed E-state index contributed by atoms with van der Waals surface area (Å²) in [4.78, 5) is 4.58. The predicted molar refractivity (Wildman–Crippen MR) is 57.6 cm³/mol. The van der Waals surface area contributed by atoms with Crippen LogP contribution in [0.2, 0.25) is 0 Å². The Morgan fingerprint density at radius 3 is 2.46 bits per heavy atom. The summed E-state index contributed by atoms with van der Waals surface area (Å²) in [6, 6.07) is 0. The Balaban J connectivity index is 0.00000144. The van der Waals surface area contributed by atoms with Gasteiger partial charge in [-0.05, 0) is 6.42 Å². The number of rotatable bonds is 5. The van der Waals surface area contributed by atoms with E-state index in [2.05, 4.69) is 36.2 Å². The number of hydrogen-bond donors (Lipinski definition) is 1. The van der Waals surface area contributed by atoms with Crippen LogP contribution in [0.1, 0.15) is 32.6 Å². The summed E-state index contributed by atoms with van der Waals surface area (Å²) >= 11 is 0. The maximum Gasteiger partial charge on any atom is 0.0890 e. The molecule has 0 aromatic carbocycles. The van der Waals surface area contributed by atoms with E-state index in [4.69, 9.17) is 0 Å². The van der Waals surface area contributed by atoms with Crippen molar-refractivity contribution < 1.29 is 0 Å². The van der Waals surface area contributed by atoms with Gasteiger partial charge in [-0.3, -0.25) is 0 Å². The lowest BCUT2D eigenvalue weighted by Gasteiger charge is -2.17. The minimum atomic E-state index is 0. The fourth-order valence-electron chi connectivity index (χ4n) is 1.48. The maximum atomic E-state index is 2.37. The molecule has 1 aliphatic rings. The molecule has 78 valence electrons. The van der Waals surface area contributed by atoms with Crippen LogP contribution in [0.4, 0.5) is 0 Å². The Hall–Kier alpha value is -0.700. The number of hydrogen-bond acceptors (Lipinski definition) is 3. The summed E-state index contributed by atoms with van der Waals surface area (Å²) in [5.74, 6) is 0. The van der Waals surface area contributed by atoms with E-state index in [1.54, 1.807) is 0 Å². The van der Waals surface area contributed by atoms with E-state index in [-0.39, 0.29) is 6.15 Å². The van der Waals surface area contributed by atoms with E-state index in [1.807, 2.05) is 0 Å². The van der Waals surface area contributed by atoms with E-state index >= 15 is 0 Å². The largest absolute Gasteiger partial charge is 0.362 e. The summed E-state index contributed by atoms with van der Waals surface area (Å²) in [6.07, 6.45) is 9.76. The second kappa shape index (κ2) is 6.78. The van der Waals surface area contributed by atoms with Gasteiger partial charge in [0.05, 0.1) is 6.67 Å². The zero-order valence-electron chi connectivity index (χ0n) is 9.00. The molecule has 0 radical (unpaired) electrons. The fraction of sp³-hybridized carbons (Fsp3) is 0.800. The molecule has 0 spiro atoms. The van der Waals surface area contributed by atoms with Crippen molar-refractivity contribution in [2.75, 3.05) is 20.3 Å². The second-order valence-corrected chi connectivity index (χ2v) is 3.57. The maximum absolute atomic E-state index is 2.37. The van der Waals surface area contributed by atoms with Crippen LogP contribution < -0.4 is 6.15 Å². The van der Waals surface area contributed by atoms with Crippen molar-refractivity contribution in [3.8, 4) is 0 Å². The molecule has 0 aliphatic carbocycles. The van der Waals surface area contributed by atoms with Crippen LogP contribution in [-0.4, -0.2) is 30.1 Å². The Bertz CT molecular complexity index is 145. The topological polar surface area (TPSA) is 41.5 Å². The first-order valence-electron chi connectivity index (χ1n) is 4.95. The molecule has 0 amide bonds. The highest BCUT2D eigenvalue weighted by atomic mass is 15.3. The normalized spacial score (nSPS) is 14.9. The van der Waals surface area contributed by atoms with Crippen LogP contribution in [0.3, 0.4) is 0 Å². The molecule has 0 fully saturated rings. The van der Waals surface area contributed by atoms with Crippen molar-refractivity contribution in [2.24, 2.45) is 0 Å². The highest BCUT2D eigenvalue weighted by Gasteiger charge is 2.06. The van der Waals surface area contributed by atoms with Gasteiger partial charge in [0.2, 0.25) is 0 Å². The van der Waals surface area contributed by atoms with E-state index in [1.165, 1.54) is 32.2 Å². The van der Waals surface area contributed by atoms with Crippen LogP contribution in [0.5, 0.6) is 0 Å². The van der Waals surface area contributed by atoms with E-state index in [0.29, 0.717) is 0 Å². The summed E-state index contributed by atoms with van der Waals surface area (Å²) in [5, 5.41) is 0. The lowest BCUT2D eigenvalue weighted by Crippen LogP contribution is -2.23. The average Bonchev–Trinajstić information content (AvgIpc) is 2.45. The zero-order valence-corrected chi connectivity index (χ0v) is 9.00. The van der Waals surface area contributed by atoms with Gasteiger partial charge in [0.25, 0.3) is 0 Å². The molecule has 3 N–H and O–H groups in total. The van der Waals surface area contributed by atoms with Crippen molar-refractivity contribution in [1.82, 2.24) is 16.0 Å². The standard InChI is InChI=1S/C10H20N2.H3N/c1-3-4-5-6-7-12-9-8-11(2)10-12;/h8-9H,3-7,10H2,1-2H3;1H3. The van der Waals surface area contributed by atoms with Crippen LogP contribution in [0.15, 0.2) is 12.4 Å². The van der Waals surface area contributed by atoms with Crippen LogP contribution in [0.25, 0.3) is 0 Å². The molecule has 0 aromatic heterocycles. The Morgan fingerprint density at radius 2 is 1.92 bits per heavy atom. The van der Waals surface area contributed by atoms with Crippen molar-refractivity contribution in [3.63, 3.8) is 0 Å². The van der Waals surface area contributed by atoms with Gasteiger partial charge < -0.3 is 16.0 Å². The third-order valence-electron chi connectivity index (χ3n) is 2.24. The van der Waals surface area contributed by atoms with Gasteiger partial charge in [0.15, 0.2) is 0 Å². The molecule has 3 heteroatoms. The molecule has 13 heavy (non-hydrogen) atoms. The highest BCUT2D eigenvalue weighted by Crippen LogP contribution is 2.06. The first-order chi connectivity index (χ1) is 5.83. The average molecular weight is 185 g/mol. The van der Waals surface area contributed by atoms with Gasteiger partial charge in [-0.15, -0.1) is 0 Å². The van der Waals surface area contributed by atoms with Crippen molar-refractivity contribution in [1.29, 1.82) is 0 Å². The minimum Gasteiger partial charge on any atom is -0.362 e. The molecular formula is C10H23N3. The smallest absolute Gasteiger partial charge is 0.0890 e. The second-order valence-electron chi connectivity index (χ2n) is 3.57. The van der Waals surface area contributed by atoms with E-state index in [0.717, 1.165) is 6.67 Å². The number of unbranched alkanes of at least 4 members (excludes halogenated alkanes) is 3. The van der Waals surface area contributed by atoms with E-state index in [9.17, 15) is 0 Å². The quantitative estimate of drug-likeness (QED) is 0.669.